The fraction of sp³-hybridized carbons (Fsp3) is 0.118. The van der Waals surface area contributed by atoms with Crippen molar-refractivity contribution in [1.29, 1.82) is 0 Å². The second-order valence-corrected chi connectivity index (χ2v) is 5.80. The van der Waals surface area contributed by atoms with Gasteiger partial charge in [0.05, 0.1) is 19.8 Å². The molecule has 0 saturated carbocycles. The average Bonchev–Trinajstić information content (AvgIpc) is 3.31. The summed E-state index contributed by atoms with van der Waals surface area (Å²) in [6.45, 7) is 0. The van der Waals surface area contributed by atoms with Gasteiger partial charge in [0.2, 0.25) is 0 Å². The Hall–Kier alpha value is -3.13. The average molecular weight is 357 g/mol. The Labute approximate surface area is 147 Å². The zero-order valence-corrected chi connectivity index (χ0v) is 14.4. The smallest absolute Gasteiger partial charge is 0.322 e. The summed E-state index contributed by atoms with van der Waals surface area (Å²) in [6, 6.07) is 9.04. The van der Waals surface area contributed by atoms with Crippen LogP contribution >= 0.6 is 11.3 Å². The summed E-state index contributed by atoms with van der Waals surface area (Å²) in [6.07, 6.45) is 3.12. The fourth-order valence-electron chi connectivity index (χ4n) is 2.05. The van der Waals surface area contributed by atoms with Crippen molar-refractivity contribution < 1.29 is 18.7 Å². The maximum atomic E-state index is 11.9. The largest absolute Gasteiger partial charge is 0.497 e. The number of carbonyl (C=O) groups is 1. The van der Waals surface area contributed by atoms with Crippen LogP contribution in [0, 0.1) is 0 Å². The van der Waals surface area contributed by atoms with Gasteiger partial charge < -0.3 is 13.9 Å². The van der Waals surface area contributed by atoms with Gasteiger partial charge in [0, 0.05) is 11.0 Å². The molecule has 2 aromatic heterocycles. The van der Waals surface area contributed by atoms with E-state index in [1.54, 1.807) is 38.5 Å². The number of anilines is 1. The number of methoxy groups -OCH3 is 2. The Morgan fingerprint density at radius 1 is 1.24 bits per heavy atom. The predicted octanol–water partition coefficient (Wildman–Crippen LogP) is 3.47. The van der Waals surface area contributed by atoms with E-state index in [1.165, 1.54) is 17.4 Å². The Bertz CT molecular complexity index is 887. The number of aromatic nitrogens is 2. The van der Waals surface area contributed by atoms with Crippen LogP contribution in [0.15, 0.2) is 46.2 Å². The van der Waals surface area contributed by atoms with Crippen LogP contribution in [-0.2, 0) is 4.79 Å². The molecule has 0 aliphatic heterocycles. The van der Waals surface area contributed by atoms with Crippen molar-refractivity contribution in [3.63, 3.8) is 0 Å². The zero-order chi connectivity index (χ0) is 17.6. The van der Waals surface area contributed by atoms with Gasteiger partial charge >= 0.3 is 6.01 Å². The van der Waals surface area contributed by atoms with Crippen LogP contribution < -0.4 is 14.8 Å². The van der Waals surface area contributed by atoms with Crippen molar-refractivity contribution in [3.8, 4) is 23.0 Å². The standard InChI is InChI=1S/C17H15N3O4S/c1-22-11-5-7-14(23-2)13(10-11)16-19-20-17(24-16)18-15(21)8-6-12-4-3-9-25-12/h3-10H,1-2H3,(H,18,20,21)/b8-6+. The molecule has 0 saturated heterocycles. The summed E-state index contributed by atoms with van der Waals surface area (Å²) < 4.78 is 16.0. The molecule has 0 aliphatic carbocycles. The first-order valence-electron chi connectivity index (χ1n) is 7.28. The number of amides is 1. The molecule has 128 valence electrons. The molecule has 1 aromatic carbocycles. The van der Waals surface area contributed by atoms with E-state index in [2.05, 4.69) is 15.5 Å². The Kier molecular flexibility index (Phi) is 5.10. The first kappa shape index (κ1) is 16.7. The van der Waals surface area contributed by atoms with Crippen molar-refractivity contribution >= 4 is 29.3 Å². The van der Waals surface area contributed by atoms with Crippen molar-refractivity contribution in [2.75, 3.05) is 19.5 Å². The van der Waals surface area contributed by atoms with E-state index in [1.807, 2.05) is 17.5 Å². The minimum atomic E-state index is -0.360. The van der Waals surface area contributed by atoms with Gasteiger partial charge in [0.1, 0.15) is 11.5 Å². The number of rotatable bonds is 6. The maximum absolute atomic E-state index is 11.9. The molecule has 1 N–H and O–H groups in total. The summed E-state index contributed by atoms with van der Waals surface area (Å²) in [5, 5.41) is 12.2. The molecule has 0 spiro atoms. The van der Waals surface area contributed by atoms with Gasteiger partial charge in [-0.25, -0.2) is 0 Å². The Balaban J connectivity index is 1.75. The van der Waals surface area contributed by atoms with Gasteiger partial charge in [0.25, 0.3) is 11.8 Å². The molecule has 3 aromatic rings. The Morgan fingerprint density at radius 3 is 2.84 bits per heavy atom. The number of nitrogens with one attached hydrogen (secondary N) is 1. The van der Waals surface area contributed by atoms with Gasteiger partial charge in [-0.2, -0.15) is 0 Å². The third-order valence-electron chi connectivity index (χ3n) is 3.23. The van der Waals surface area contributed by atoms with Crippen molar-refractivity contribution in [3.05, 3.63) is 46.7 Å². The quantitative estimate of drug-likeness (QED) is 0.680. The zero-order valence-electron chi connectivity index (χ0n) is 13.6. The van der Waals surface area contributed by atoms with Crippen LogP contribution in [0.3, 0.4) is 0 Å². The SMILES string of the molecule is COc1ccc(OC)c(-c2nnc(NC(=O)/C=C/c3cccs3)o2)c1. The predicted molar refractivity (Wildman–Crippen MR) is 94.8 cm³/mol. The Morgan fingerprint density at radius 2 is 2.12 bits per heavy atom. The summed E-state index contributed by atoms with van der Waals surface area (Å²) in [5.41, 5.74) is 0.573. The molecule has 1 amide bonds. The number of carbonyl (C=O) groups excluding carboxylic acids is 1. The highest BCUT2D eigenvalue weighted by Gasteiger charge is 2.15. The molecule has 0 radical (unpaired) electrons. The minimum Gasteiger partial charge on any atom is -0.497 e. The van der Waals surface area contributed by atoms with Crippen molar-refractivity contribution in [1.82, 2.24) is 10.2 Å². The summed E-state index contributed by atoms with van der Waals surface area (Å²) in [7, 11) is 3.10. The second-order valence-electron chi connectivity index (χ2n) is 4.82. The van der Waals surface area contributed by atoms with Crippen LogP contribution in [0.2, 0.25) is 0 Å². The molecular formula is C17H15N3O4S. The van der Waals surface area contributed by atoms with Crippen LogP contribution in [-0.4, -0.2) is 30.3 Å². The highest BCUT2D eigenvalue weighted by molar-refractivity contribution is 7.10. The van der Waals surface area contributed by atoms with E-state index in [0.717, 1.165) is 4.88 Å². The number of thiophene rings is 1. The number of nitrogens with zero attached hydrogens (tertiary/aromatic N) is 2. The molecule has 0 atom stereocenters. The van der Waals surface area contributed by atoms with Gasteiger partial charge in [0.15, 0.2) is 0 Å². The summed E-state index contributed by atoms with van der Waals surface area (Å²) in [4.78, 5) is 12.9. The van der Waals surface area contributed by atoms with E-state index in [0.29, 0.717) is 17.1 Å². The molecule has 3 rings (SSSR count). The molecule has 25 heavy (non-hydrogen) atoms. The summed E-state index contributed by atoms with van der Waals surface area (Å²) >= 11 is 1.54. The molecule has 8 heteroatoms. The topological polar surface area (TPSA) is 86.5 Å². The highest BCUT2D eigenvalue weighted by atomic mass is 32.1. The second kappa shape index (κ2) is 7.63. The third-order valence-corrected chi connectivity index (χ3v) is 4.07. The van der Waals surface area contributed by atoms with Gasteiger partial charge in [-0.15, -0.1) is 16.4 Å². The van der Waals surface area contributed by atoms with Gasteiger partial charge in [-0.3, -0.25) is 10.1 Å². The van der Waals surface area contributed by atoms with Gasteiger partial charge in [-0.05, 0) is 35.7 Å². The van der Waals surface area contributed by atoms with Crippen LogP contribution in [0.1, 0.15) is 4.88 Å². The van der Waals surface area contributed by atoms with Gasteiger partial charge in [-0.1, -0.05) is 11.2 Å². The first-order valence-corrected chi connectivity index (χ1v) is 8.16. The maximum Gasteiger partial charge on any atom is 0.322 e. The van der Waals surface area contributed by atoms with Crippen molar-refractivity contribution in [2.24, 2.45) is 0 Å². The number of benzene rings is 1. The molecule has 2 heterocycles. The number of ether oxygens (including phenoxy) is 2. The van der Waals surface area contributed by atoms with Crippen molar-refractivity contribution in [2.45, 2.75) is 0 Å². The van der Waals surface area contributed by atoms with Crippen LogP contribution in [0.25, 0.3) is 17.5 Å². The van der Waals surface area contributed by atoms with E-state index < -0.39 is 0 Å². The molecule has 0 aliphatic rings. The lowest BCUT2D eigenvalue weighted by molar-refractivity contribution is -0.112. The van der Waals surface area contributed by atoms with E-state index >= 15 is 0 Å². The third kappa shape index (κ3) is 4.04. The monoisotopic (exact) mass is 357 g/mol. The molecule has 0 unspecified atom stereocenters. The lowest BCUT2D eigenvalue weighted by Crippen LogP contribution is -2.07. The van der Waals surface area contributed by atoms with Crippen LogP contribution in [0.4, 0.5) is 6.01 Å². The molecule has 7 nitrogen and oxygen atoms in total. The van der Waals surface area contributed by atoms with E-state index in [9.17, 15) is 4.79 Å². The van der Waals surface area contributed by atoms with Crippen LogP contribution in [0.5, 0.6) is 11.5 Å². The highest BCUT2D eigenvalue weighted by Crippen LogP contribution is 2.33. The lowest BCUT2D eigenvalue weighted by atomic mass is 10.2. The molecule has 0 bridgehead atoms. The van der Waals surface area contributed by atoms with E-state index in [4.69, 9.17) is 13.9 Å². The van der Waals surface area contributed by atoms with E-state index in [-0.39, 0.29) is 17.8 Å². The minimum absolute atomic E-state index is 0.000651. The summed E-state index contributed by atoms with van der Waals surface area (Å²) in [5.74, 6) is 1.04. The number of hydrogen-bond acceptors (Lipinski definition) is 7. The lowest BCUT2D eigenvalue weighted by Gasteiger charge is -2.07. The molecular weight excluding hydrogens is 342 g/mol. The normalized spacial score (nSPS) is 10.8. The fourth-order valence-corrected chi connectivity index (χ4v) is 2.67. The first-order chi connectivity index (χ1) is 12.2. The molecule has 0 fully saturated rings. The number of hydrogen-bond donors (Lipinski definition) is 1.